The first-order chi connectivity index (χ1) is 7.31. The summed E-state index contributed by atoms with van der Waals surface area (Å²) in [6.07, 6.45) is 5.27. The predicted molar refractivity (Wildman–Crippen MR) is 60.1 cm³/mol. The van der Waals surface area contributed by atoms with Crippen LogP contribution < -0.4 is 10.6 Å². The third-order valence-corrected chi connectivity index (χ3v) is 3.69. The molecule has 1 aliphatic rings. The van der Waals surface area contributed by atoms with E-state index >= 15 is 0 Å². The minimum absolute atomic E-state index is 0.0467. The molecule has 0 radical (unpaired) electrons. The van der Waals surface area contributed by atoms with E-state index in [-0.39, 0.29) is 5.91 Å². The second-order valence-corrected chi connectivity index (χ2v) is 4.71. The molecule has 1 aliphatic heterocycles. The first-order valence-electron chi connectivity index (χ1n) is 5.22. The molecule has 1 atom stereocenters. The second kappa shape index (κ2) is 4.72. The Kier molecular flexibility index (Phi) is 3.33. The number of nitrogens with zero attached hydrogens (tertiary/aromatic N) is 1. The Morgan fingerprint density at radius 1 is 1.67 bits per heavy atom. The smallest absolute Gasteiger partial charge is 0.262 e. The first-order valence-corrected chi connectivity index (χ1v) is 6.04. The van der Waals surface area contributed by atoms with Gasteiger partial charge in [-0.25, -0.2) is 4.98 Å². The number of rotatable bonds is 2. The number of nitrogens with one attached hydrogen (secondary N) is 2. The molecule has 4 nitrogen and oxygen atoms in total. The zero-order valence-corrected chi connectivity index (χ0v) is 9.56. The van der Waals surface area contributed by atoms with E-state index in [9.17, 15) is 4.79 Å². The number of hydrogen-bond donors (Lipinski definition) is 2. The molecule has 0 bridgehead atoms. The van der Waals surface area contributed by atoms with Crippen molar-refractivity contribution in [2.75, 3.05) is 13.6 Å². The van der Waals surface area contributed by atoms with Crippen molar-refractivity contribution in [1.29, 1.82) is 0 Å². The highest BCUT2D eigenvalue weighted by molar-refractivity contribution is 7.13. The molecular formula is C10H15N3OS. The summed E-state index contributed by atoms with van der Waals surface area (Å²) in [7, 11) is 1.64. The van der Waals surface area contributed by atoms with E-state index in [1.165, 1.54) is 24.2 Å². The van der Waals surface area contributed by atoms with Crippen LogP contribution in [-0.4, -0.2) is 24.5 Å². The van der Waals surface area contributed by atoms with E-state index in [1.807, 2.05) is 0 Å². The monoisotopic (exact) mass is 225 g/mol. The van der Waals surface area contributed by atoms with Crippen molar-refractivity contribution in [3.63, 3.8) is 0 Å². The molecule has 0 aliphatic carbocycles. The lowest BCUT2D eigenvalue weighted by Gasteiger charge is -2.20. The van der Waals surface area contributed by atoms with Crippen LogP contribution in [-0.2, 0) is 0 Å². The number of hydrogen-bond acceptors (Lipinski definition) is 4. The minimum atomic E-state index is -0.0467. The molecule has 2 heterocycles. The largest absolute Gasteiger partial charge is 0.354 e. The fraction of sp³-hybridized carbons (Fsp3) is 0.600. The number of carbonyl (C=O) groups excluding carboxylic acids is 1. The topological polar surface area (TPSA) is 54.0 Å². The number of piperidine rings is 1. The van der Waals surface area contributed by atoms with E-state index in [0.717, 1.165) is 18.0 Å². The minimum Gasteiger partial charge on any atom is -0.354 e. The zero-order valence-electron chi connectivity index (χ0n) is 8.75. The number of carbonyl (C=O) groups is 1. The van der Waals surface area contributed by atoms with Crippen molar-refractivity contribution in [3.05, 3.63) is 16.1 Å². The van der Waals surface area contributed by atoms with Crippen molar-refractivity contribution in [1.82, 2.24) is 15.6 Å². The van der Waals surface area contributed by atoms with Gasteiger partial charge in [0.25, 0.3) is 5.91 Å². The molecule has 2 rings (SSSR count). The van der Waals surface area contributed by atoms with Gasteiger partial charge < -0.3 is 10.6 Å². The van der Waals surface area contributed by atoms with Crippen LogP contribution in [0.5, 0.6) is 0 Å². The molecule has 5 heteroatoms. The fourth-order valence-corrected chi connectivity index (χ4v) is 2.71. The van der Waals surface area contributed by atoms with Crippen LogP contribution >= 0.6 is 11.3 Å². The molecule has 0 aromatic carbocycles. The van der Waals surface area contributed by atoms with Crippen molar-refractivity contribution < 1.29 is 4.79 Å². The zero-order chi connectivity index (χ0) is 10.7. The molecule has 1 amide bonds. The van der Waals surface area contributed by atoms with Gasteiger partial charge in [-0.3, -0.25) is 4.79 Å². The van der Waals surface area contributed by atoms with Crippen LogP contribution in [0.15, 0.2) is 6.20 Å². The second-order valence-electron chi connectivity index (χ2n) is 3.64. The van der Waals surface area contributed by atoms with Crippen LogP contribution in [0.25, 0.3) is 0 Å². The highest BCUT2D eigenvalue weighted by atomic mass is 32.1. The summed E-state index contributed by atoms with van der Waals surface area (Å²) in [6, 6.07) is 0.349. The van der Waals surface area contributed by atoms with Gasteiger partial charge in [-0.1, -0.05) is 6.42 Å². The maximum absolute atomic E-state index is 11.3. The summed E-state index contributed by atoms with van der Waals surface area (Å²) in [5, 5.41) is 7.07. The molecule has 1 saturated heterocycles. The van der Waals surface area contributed by atoms with Crippen molar-refractivity contribution >= 4 is 17.2 Å². The number of aromatic nitrogens is 1. The first kappa shape index (κ1) is 10.6. The van der Waals surface area contributed by atoms with Gasteiger partial charge in [0.15, 0.2) is 0 Å². The normalized spacial score (nSPS) is 21.3. The van der Waals surface area contributed by atoms with Crippen molar-refractivity contribution in [2.45, 2.75) is 25.3 Å². The third-order valence-electron chi connectivity index (χ3n) is 2.58. The molecule has 0 saturated carbocycles. The molecule has 2 N–H and O–H groups in total. The van der Waals surface area contributed by atoms with Crippen LogP contribution in [0.1, 0.15) is 40.0 Å². The quantitative estimate of drug-likeness (QED) is 0.798. The van der Waals surface area contributed by atoms with Gasteiger partial charge >= 0.3 is 0 Å². The lowest BCUT2D eigenvalue weighted by molar-refractivity contribution is 0.0967. The van der Waals surface area contributed by atoms with Gasteiger partial charge in [0.1, 0.15) is 9.88 Å². The average molecular weight is 225 g/mol. The van der Waals surface area contributed by atoms with Gasteiger partial charge in [0.2, 0.25) is 0 Å². The summed E-state index contributed by atoms with van der Waals surface area (Å²) in [5.74, 6) is -0.0467. The van der Waals surface area contributed by atoms with Gasteiger partial charge in [0, 0.05) is 7.05 Å². The molecule has 0 spiro atoms. The molecule has 1 fully saturated rings. The summed E-state index contributed by atoms with van der Waals surface area (Å²) in [5.41, 5.74) is 0. The van der Waals surface area contributed by atoms with Gasteiger partial charge in [-0.2, -0.15) is 0 Å². The van der Waals surface area contributed by atoms with E-state index in [1.54, 1.807) is 13.2 Å². The molecule has 1 aromatic rings. The number of amides is 1. The van der Waals surface area contributed by atoms with E-state index in [2.05, 4.69) is 15.6 Å². The lowest BCUT2D eigenvalue weighted by Crippen LogP contribution is -2.26. The third kappa shape index (κ3) is 2.35. The fourth-order valence-electron chi connectivity index (χ4n) is 1.74. The maximum Gasteiger partial charge on any atom is 0.262 e. The standard InChI is InChI=1S/C10H15N3OS/c1-11-9(14)8-6-13-10(15-8)7-4-2-3-5-12-7/h6-7,12H,2-5H2,1H3,(H,11,14). The van der Waals surface area contributed by atoms with Crippen molar-refractivity contribution in [3.8, 4) is 0 Å². The Balaban J connectivity index is 2.08. The molecule has 82 valence electrons. The highest BCUT2D eigenvalue weighted by Crippen LogP contribution is 2.26. The Labute approximate surface area is 93.1 Å². The Bertz CT molecular complexity index is 344. The molecular weight excluding hydrogens is 210 g/mol. The van der Waals surface area contributed by atoms with Crippen LogP contribution in [0.2, 0.25) is 0 Å². The highest BCUT2D eigenvalue weighted by Gasteiger charge is 2.19. The summed E-state index contributed by atoms with van der Waals surface area (Å²) >= 11 is 1.49. The van der Waals surface area contributed by atoms with E-state index < -0.39 is 0 Å². The Morgan fingerprint density at radius 2 is 2.53 bits per heavy atom. The van der Waals surface area contributed by atoms with E-state index in [4.69, 9.17) is 0 Å². The Morgan fingerprint density at radius 3 is 3.20 bits per heavy atom. The molecule has 1 aromatic heterocycles. The molecule has 1 unspecified atom stereocenters. The number of thiazole rings is 1. The predicted octanol–water partition coefficient (Wildman–Crippen LogP) is 1.32. The van der Waals surface area contributed by atoms with Crippen LogP contribution in [0.4, 0.5) is 0 Å². The summed E-state index contributed by atoms with van der Waals surface area (Å²) < 4.78 is 0. The summed E-state index contributed by atoms with van der Waals surface area (Å²) in [6.45, 7) is 1.06. The van der Waals surface area contributed by atoms with Crippen molar-refractivity contribution in [2.24, 2.45) is 0 Å². The van der Waals surface area contributed by atoms with Crippen LogP contribution in [0.3, 0.4) is 0 Å². The average Bonchev–Trinajstić information content (AvgIpc) is 2.78. The Hall–Kier alpha value is -0.940. The van der Waals surface area contributed by atoms with Gasteiger partial charge in [0.05, 0.1) is 12.2 Å². The molecule has 15 heavy (non-hydrogen) atoms. The summed E-state index contributed by atoms with van der Waals surface area (Å²) in [4.78, 5) is 16.3. The van der Waals surface area contributed by atoms with E-state index in [0.29, 0.717) is 10.9 Å². The lowest BCUT2D eigenvalue weighted by atomic mass is 10.1. The van der Waals surface area contributed by atoms with Gasteiger partial charge in [-0.15, -0.1) is 11.3 Å². The SMILES string of the molecule is CNC(=O)c1cnc(C2CCCCN2)s1. The van der Waals surface area contributed by atoms with Gasteiger partial charge in [-0.05, 0) is 19.4 Å². The van der Waals surface area contributed by atoms with Crippen LogP contribution in [0, 0.1) is 0 Å². The maximum atomic E-state index is 11.3.